The standard InChI is InChI=1S/C15H18ClN3O/c16-12-9-5-4-8-11(12)13(17)15-18-14(19-20-15)10-6-2-1-3-7-10/h4-5,8-10,13H,1-3,6-7,17H2/t13-/m1/s1. The second-order valence-electron chi connectivity index (χ2n) is 5.32. The number of nitrogens with zero attached hydrogens (tertiary/aromatic N) is 2. The van der Waals surface area contributed by atoms with E-state index in [1.807, 2.05) is 24.3 Å². The Morgan fingerprint density at radius 2 is 1.95 bits per heavy atom. The molecule has 0 bridgehead atoms. The Kier molecular flexibility index (Phi) is 4.03. The van der Waals surface area contributed by atoms with Gasteiger partial charge in [0.25, 0.3) is 0 Å². The van der Waals surface area contributed by atoms with Crippen molar-refractivity contribution in [3.05, 3.63) is 46.6 Å². The third-order valence-electron chi connectivity index (χ3n) is 3.93. The molecule has 3 rings (SSSR count). The smallest absolute Gasteiger partial charge is 0.248 e. The van der Waals surface area contributed by atoms with Gasteiger partial charge in [0.05, 0.1) is 0 Å². The molecule has 4 nitrogen and oxygen atoms in total. The zero-order chi connectivity index (χ0) is 13.9. The van der Waals surface area contributed by atoms with Crippen LogP contribution in [0.15, 0.2) is 28.8 Å². The Morgan fingerprint density at radius 1 is 1.20 bits per heavy atom. The minimum absolute atomic E-state index is 0.416. The van der Waals surface area contributed by atoms with E-state index >= 15 is 0 Å². The minimum atomic E-state index is -0.464. The summed E-state index contributed by atoms with van der Waals surface area (Å²) in [5.74, 6) is 1.65. The van der Waals surface area contributed by atoms with Crippen molar-refractivity contribution in [3.63, 3.8) is 0 Å². The maximum atomic E-state index is 6.18. The molecule has 106 valence electrons. The SMILES string of the molecule is N[C@@H](c1nc(C2CCCCC2)no1)c1ccccc1Cl. The Hall–Kier alpha value is -1.39. The van der Waals surface area contributed by atoms with Gasteiger partial charge in [0.15, 0.2) is 5.82 Å². The first-order chi connectivity index (χ1) is 9.75. The summed E-state index contributed by atoms with van der Waals surface area (Å²) in [5.41, 5.74) is 6.99. The minimum Gasteiger partial charge on any atom is -0.337 e. The van der Waals surface area contributed by atoms with Crippen molar-refractivity contribution >= 4 is 11.6 Å². The zero-order valence-corrected chi connectivity index (χ0v) is 12.0. The van der Waals surface area contributed by atoms with Crippen LogP contribution >= 0.6 is 11.6 Å². The largest absolute Gasteiger partial charge is 0.337 e. The highest BCUT2D eigenvalue weighted by Crippen LogP contribution is 2.32. The molecule has 1 atom stereocenters. The fourth-order valence-electron chi connectivity index (χ4n) is 2.76. The second kappa shape index (κ2) is 5.94. The van der Waals surface area contributed by atoms with Crippen molar-refractivity contribution in [2.24, 2.45) is 5.73 Å². The molecule has 1 aromatic heterocycles. The average Bonchev–Trinajstić information content (AvgIpc) is 2.98. The molecule has 2 aromatic rings. The molecule has 2 N–H and O–H groups in total. The van der Waals surface area contributed by atoms with Crippen LogP contribution in [0.5, 0.6) is 0 Å². The lowest BCUT2D eigenvalue weighted by Crippen LogP contribution is -2.13. The predicted molar refractivity (Wildman–Crippen MR) is 77.6 cm³/mol. The monoisotopic (exact) mass is 291 g/mol. The fraction of sp³-hybridized carbons (Fsp3) is 0.467. The first-order valence-electron chi connectivity index (χ1n) is 7.09. The molecule has 1 aliphatic rings. The van der Waals surface area contributed by atoms with Crippen molar-refractivity contribution in [1.29, 1.82) is 0 Å². The van der Waals surface area contributed by atoms with Gasteiger partial charge in [-0.2, -0.15) is 4.98 Å². The van der Waals surface area contributed by atoms with E-state index in [9.17, 15) is 0 Å². The third-order valence-corrected chi connectivity index (χ3v) is 4.28. The lowest BCUT2D eigenvalue weighted by atomic mass is 9.89. The molecule has 0 spiro atoms. The van der Waals surface area contributed by atoms with Gasteiger partial charge < -0.3 is 10.3 Å². The zero-order valence-electron chi connectivity index (χ0n) is 11.3. The molecule has 1 aromatic carbocycles. The van der Waals surface area contributed by atoms with Crippen molar-refractivity contribution in [2.45, 2.75) is 44.1 Å². The van der Waals surface area contributed by atoms with E-state index in [1.54, 1.807) is 0 Å². The lowest BCUT2D eigenvalue weighted by molar-refractivity contribution is 0.350. The maximum Gasteiger partial charge on any atom is 0.248 e. The van der Waals surface area contributed by atoms with Crippen LogP contribution in [0.25, 0.3) is 0 Å². The topological polar surface area (TPSA) is 64.9 Å². The molecule has 1 aliphatic carbocycles. The van der Waals surface area contributed by atoms with E-state index in [0.717, 1.165) is 24.2 Å². The molecule has 1 fully saturated rings. The number of hydrogen-bond donors (Lipinski definition) is 1. The summed E-state index contributed by atoms with van der Waals surface area (Å²) < 4.78 is 5.34. The second-order valence-corrected chi connectivity index (χ2v) is 5.73. The molecule has 5 heteroatoms. The third kappa shape index (κ3) is 2.72. The number of hydrogen-bond acceptors (Lipinski definition) is 4. The molecule has 1 heterocycles. The molecule has 0 aliphatic heterocycles. The molecule has 20 heavy (non-hydrogen) atoms. The van der Waals surface area contributed by atoms with Crippen LogP contribution in [-0.2, 0) is 0 Å². The van der Waals surface area contributed by atoms with Crippen LogP contribution in [0.2, 0.25) is 5.02 Å². The maximum absolute atomic E-state index is 6.18. The Balaban J connectivity index is 1.81. The molecule has 0 radical (unpaired) electrons. The molecular weight excluding hydrogens is 274 g/mol. The van der Waals surface area contributed by atoms with Gasteiger partial charge >= 0.3 is 0 Å². The summed E-state index contributed by atoms with van der Waals surface area (Å²) in [6.45, 7) is 0. The van der Waals surface area contributed by atoms with Gasteiger partial charge in [-0.1, -0.05) is 54.2 Å². The lowest BCUT2D eigenvalue weighted by Gasteiger charge is -2.17. The highest BCUT2D eigenvalue weighted by Gasteiger charge is 2.24. The van der Waals surface area contributed by atoms with Crippen molar-refractivity contribution in [1.82, 2.24) is 10.1 Å². The highest BCUT2D eigenvalue weighted by atomic mass is 35.5. The van der Waals surface area contributed by atoms with Crippen LogP contribution < -0.4 is 5.73 Å². The van der Waals surface area contributed by atoms with Gasteiger partial charge in [0.1, 0.15) is 6.04 Å². The number of rotatable bonds is 3. The first kappa shape index (κ1) is 13.6. The van der Waals surface area contributed by atoms with Crippen LogP contribution in [-0.4, -0.2) is 10.1 Å². The molecule has 0 saturated heterocycles. The Labute approximate surface area is 123 Å². The fourth-order valence-corrected chi connectivity index (χ4v) is 3.01. The summed E-state index contributed by atoms with van der Waals surface area (Å²) in [7, 11) is 0. The summed E-state index contributed by atoms with van der Waals surface area (Å²) in [5, 5.41) is 4.73. The summed E-state index contributed by atoms with van der Waals surface area (Å²) in [6, 6.07) is 7.01. The molecule has 0 amide bonds. The Bertz CT molecular complexity index is 578. The first-order valence-corrected chi connectivity index (χ1v) is 7.47. The summed E-state index contributed by atoms with van der Waals surface area (Å²) in [6.07, 6.45) is 6.07. The predicted octanol–water partition coefficient (Wildman–Crippen LogP) is 3.82. The van der Waals surface area contributed by atoms with Gasteiger partial charge in [0, 0.05) is 10.9 Å². The van der Waals surface area contributed by atoms with Crippen LogP contribution in [0, 0.1) is 0 Å². The normalized spacial score (nSPS) is 18.1. The van der Waals surface area contributed by atoms with Gasteiger partial charge in [-0.15, -0.1) is 0 Å². The van der Waals surface area contributed by atoms with Gasteiger partial charge in [-0.3, -0.25) is 0 Å². The van der Waals surface area contributed by atoms with E-state index in [-0.39, 0.29) is 0 Å². The number of benzene rings is 1. The van der Waals surface area contributed by atoms with Gasteiger partial charge in [0.2, 0.25) is 5.89 Å². The van der Waals surface area contributed by atoms with Crippen molar-refractivity contribution in [3.8, 4) is 0 Å². The van der Waals surface area contributed by atoms with Gasteiger partial charge in [-0.25, -0.2) is 0 Å². The quantitative estimate of drug-likeness (QED) is 0.933. The molecule has 1 saturated carbocycles. The molecule has 0 unspecified atom stereocenters. The summed E-state index contributed by atoms with van der Waals surface area (Å²) in [4.78, 5) is 4.49. The Morgan fingerprint density at radius 3 is 2.70 bits per heavy atom. The van der Waals surface area contributed by atoms with Crippen LogP contribution in [0.4, 0.5) is 0 Å². The van der Waals surface area contributed by atoms with Gasteiger partial charge in [-0.05, 0) is 24.5 Å². The van der Waals surface area contributed by atoms with Crippen LogP contribution in [0.3, 0.4) is 0 Å². The number of nitrogens with two attached hydrogens (primary N) is 1. The van der Waals surface area contributed by atoms with E-state index in [0.29, 0.717) is 16.8 Å². The van der Waals surface area contributed by atoms with E-state index < -0.39 is 6.04 Å². The van der Waals surface area contributed by atoms with Crippen LogP contribution in [0.1, 0.15) is 61.3 Å². The average molecular weight is 292 g/mol. The van der Waals surface area contributed by atoms with Crippen molar-refractivity contribution < 1.29 is 4.52 Å². The summed E-state index contributed by atoms with van der Waals surface area (Å²) >= 11 is 6.15. The molecular formula is C15H18ClN3O. The van der Waals surface area contributed by atoms with E-state index in [1.165, 1.54) is 19.3 Å². The van der Waals surface area contributed by atoms with Crippen molar-refractivity contribution in [2.75, 3.05) is 0 Å². The highest BCUT2D eigenvalue weighted by molar-refractivity contribution is 6.31. The number of aromatic nitrogens is 2. The number of halogens is 1. The van der Waals surface area contributed by atoms with E-state index in [2.05, 4.69) is 10.1 Å². The van der Waals surface area contributed by atoms with E-state index in [4.69, 9.17) is 21.9 Å².